The molecule has 0 unspecified atom stereocenters. The smallest absolute Gasteiger partial charge is 0.260 e. The predicted molar refractivity (Wildman–Crippen MR) is 92.6 cm³/mol. The van der Waals surface area contributed by atoms with E-state index in [2.05, 4.69) is 28.2 Å². The van der Waals surface area contributed by atoms with E-state index in [0.717, 1.165) is 42.8 Å². The first kappa shape index (κ1) is 14.8. The number of likely N-dealkylation sites (N-methyl/N-ethyl adjacent to an activating group) is 1. The molecule has 1 aromatic heterocycles. The average Bonchev–Trinajstić information content (AvgIpc) is 2.93. The molecule has 2 aromatic rings. The van der Waals surface area contributed by atoms with Crippen LogP contribution >= 0.6 is 0 Å². The Balaban J connectivity index is 1.84. The topological polar surface area (TPSA) is 65.5 Å². The lowest BCUT2D eigenvalue weighted by Crippen LogP contribution is -2.44. The van der Waals surface area contributed by atoms with Crippen LogP contribution in [0, 0.1) is 0 Å². The number of fused-ring (bicyclic) bond motifs is 1. The summed E-state index contributed by atoms with van der Waals surface area (Å²) in [7, 11) is 2.11. The van der Waals surface area contributed by atoms with Crippen LogP contribution in [0.4, 0.5) is 5.82 Å². The van der Waals surface area contributed by atoms with E-state index in [9.17, 15) is 9.59 Å². The number of carbonyl (C=O) groups is 2. The number of piperazine rings is 1. The summed E-state index contributed by atoms with van der Waals surface area (Å²) in [6.07, 6.45) is 1.34. The molecule has 0 radical (unpaired) electrons. The highest BCUT2D eigenvalue weighted by Crippen LogP contribution is 2.29. The van der Waals surface area contributed by atoms with Crippen molar-refractivity contribution in [1.29, 1.82) is 0 Å². The van der Waals surface area contributed by atoms with Gasteiger partial charge >= 0.3 is 0 Å². The minimum Gasteiger partial charge on any atom is -0.354 e. The number of carbonyl (C=O) groups excluding carboxylic acids is 2. The molecule has 0 spiro atoms. The zero-order valence-corrected chi connectivity index (χ0v) is 13.5. The van der Waals surface area contributed by atoms with Crippen LogP contribution in [-0.4, -0.2) is 54.9 Å². The van der Waals surface area contributed by atoms with Gasteiger partial charge in [0.15, 0.2) is 0 Å². The Bertz CT molecular complexity index is 866. The third-order valence-corrected chi connectivity index (χ3v) is 4.57. The standard InChI is InChI=1S/C18H18N4O2/c1-21-6-8-22(9-7-21)15-10-12-4-2-3-5-13(12)17(19-15)14-11-16(23)20-18(14)24/h2-5,10-11H,6-9H2,1H3,(H,20,23,24). The Labute approximate surface area is 139 Å². The quantitative estimate of drug-likeness (QED) is 0.837. The number of benzene rings is 1. The number of nitrogens with one attached hydrogen (secondary N) is 1. The molecule has 2 aliphatic heterocycles. The zero-order chi connectivity index (χ0) is 16.7. The van der Waals surface area contributed by atoms with E-state index in [-0.39, 0.29) is 11.8 Å². The minimum atomic E-state index is -0.383. The van der Waals surface area contributed by atoms with Crippen molar-refractivity contribution in [2.75, 3.05) is 38.1 Å². The molecular formula is C18H18N4O2. The third kappa shape index (κ3) is 2.55. The highest BCUT2D eigenvalue weighted by molar-refractivity contribution is 6.34. The Morgan fingerprint density at radius 1 is 1.08 bits per heavy atom. The van der Waals surface area contributed by atoms with Crippen LogP contribution in [0.5, 0.6) is 0 Å². The molecule has 2 amide bonds. The molecule has 0 bridgehead atoms. The minimum absolute atomic E-state index is 0.340. The number of rotatable bonds is 2. The van der Waals surface area contributed by atoms with Gasteiger partial charge in [-0.2, -0.15) is 0 Å². The molecule has 2 aliphatic rings. The fraction of sp³-hybridized carbons (Fsp3) is 0.278. The number of anilines is 1. The van der Waals surface area contributed by atoms with Gasteiger partial charge in [0.2, 0.25) is 0 Å². The number of hydrogen-bond acceptors (Lipinski definition) is 5. The SMILES string of the molecule is CN1CCN(c2cc3ccccc3c(C3=CC(=O)NC3=O)n2)CC1. The lowest BCUT2D eigenvalue weighted by molar-refractivity contribution is -0.123. The van der Waals surface area contributed by atoms with Crippen LogP contribution in [0.1, 0.15) is 5.69 Å². The Morgan fingerprint density at radius 2 is 1.83 bits per heavy atom. The van der Waals surface area contributed by atoms with Gasteiger partial charge in [-0.3, -0.25) is 14.9 Å². The van der Waals surface area contributed by atoms with Crippen molar-refractivity contribution in [2.24, 2.45) is 0 Å². The highest BCUT2D eigenvalue weighted by atomic mass is 16.2. The molecule has 1 saturated heterocycles. The van der Waals surface area contributed by atoms with Gasteiger partial charge in [-0.1, -0.05) is 24.3 Å². The van der Waals surface area contributed by atoms with E-state index in [1.807, 2.05) is 24.3 Å². The van der Waals surface area contributed by atoms with Crippen molar-refractivity contribution in [3.05, 3.63) is 42.1 Å². The summed E-state index contributed by atoms with van der Waals surface area (Å²) >= 11 is 0. The van der Waals surface area contributed by atoms with Gasteiger partial charge in [0.05, 0.1) is 11.3 Å². The van der Waals surface area contributed by atoms with Gasteiger partial charge < -0.3 is 9.80 Å². The van der Waals surface area contributed by atoms with Gasteiger partial charge in [0.25, 0.3) is 11.8 Å². The summed E-state index contributed by atoms with van der Waals surface area (Å²) < 4.78 is 0. The second kappa shape index (κ2) is 5.72. The van der Waals surface area contributed by atoms with E-state index in [1.54, 1.807) is 0 Å². The van der Waals surface area contributed by atoms with E-state index in [1.165, 1.54) is 6.08 Å². The molecule has 1 fully saturated rings. The third-order valence-electron chi connectivity index (χ3n) is 4.57. The van der Waals surface area contributed by atoms with Crippen LogP contribution in [0.2, 0.25) is 0 Å². The van der Waals surface area contributed by atoms with Gasteiger partial charge in [0.1, 0.15) is 5.82 Å². The summed E-state index contributed by atoms with van der Waals surface area (Å²) in [5, 5.41) is 4.20. The molecule has 0 atom stereocenters. The first-order valence-electron chi connectivity index (χ1n) is 8.02. The molecule has 3 heterocycles. The van der Waals surface area contributed by atoms with Gasteiger partial charge in [-0.15, -0.1) is 0 Å². The molecule has 1 aromatic carbocycles. The molecule has 24 heavy (non-hydrogen) atoms. The monoisotopic (exact) mass is 322 g/mol. The molecule has 6 nitrogen and oxygen atoms in total. The predicted octanol–water partition coefficient (Wildman–Crippen LogP) is 1.03. The van der Waals surface area contributed by atoms with Crippen LogP contribution in [0.3, 0.4) is 0 Å². The van der Waals surface area contributed by atoms with E-state index in [4.69, 9.17) is 4.98 Å². The van der Waals surface area contributed by atoms with Crippen molar-refractivity contribution in [1.82, 2.24) is 15.2 Å². The van der Waals surface area contributed by atoms with Crippen molar-refractivity contribution in [3.8, 4) is 0 Å². The van der Waals surface area contributed by atoms with Crippen molar-refractivity contribution in [3.63, 3.8) is 0 Å². The Kier molecular flexibility index (Phi) is 3.54. The van der Waals surface area contributed by atoms with Crippen LogP contribution < -0.4 is 10.2 Å². The molecule has 6 heteroatoms. The molecular weight excluding hydrogens is 304 g/mol. The lowest BCUT2D eigenvalue weighted by Gasteiger charge is -2.33. The summed E-state index contributed by atoms with van der Waals surface area (Å²) in [6, 6.07) is 9.88. The largest absolute Gasteiger partial charge is 0.354 e. The summed E-state index contributed by atoms with van der Waals surface area (Å²) in [5.74, 6) is 0.0870. The maximum atomic E-state index is 12.1. The summed E-state index contributed by atoms with van der Waals surface area (Å²) in [4.78, 5) is 32.9. The summed E-state index contributed by atoms with van der Waals surface area (Å²) in [5.41, 5.74) is 0.914. The fourth-order valence-electron chi connectivity index (χ4n) is 3.18. The number of nitrogens with zero attached hydrogens (tertiary/aromatic N) is 3. The molecule has 122 valence electrons. The van der Waals surface area contributed by atoms with Crippen molar-refractivity contribution < 1.29 is 9.59 Å². The Morgan fingerprint density at radius 3 is 2.54 bits per heavy atom. The van der Waals surface area contributed by atoms with Gasteiger partial charge in [0, 0.05) is 37.6 Å². The highest BCUT2D eigenvalue weighted by Gasteiger charge is 2.26. The average molecular weight is 322 g/mol. The second-order valence-electron chi connectivity index (χ2n) is 6.22. The molecule has 1 N–H and O–H groups in total. The zero-order valence-electron chi connectivity index (χ0n) is 13.5. The molecule has 4 rings (SSSR count). The van der Waals surface area contributed by atoms with Crippen molar-refractivity contribution >= 4 is 34.0 Å². The van der Waals surface area contributed by atoms with E-state index >= 15 is 0 Å². The number of pyridine rings is 1. The fourth-order valence-corrected chi connectivity index (χ4v) is 3.18. The number of hydrogen-bond donors (Lipinski definition) is 1. The van der Waals surface area contributed by atoms with Gasteiger partial charge in [-0.05, 0) is 18.5 Å². The normalized spacial score (nSPS) is 18.9. The van der Waals surface area contributed by atoms with E-state index in [0.29, 0.717) is 11.3 Å². The van der Waals surface area contributed by atoms with Crippen molar-refractivity contribution in [2.45, 2.75) is 0 Å². The summed E-state index contributed by atoms with van der Waals surface area (Å²) in [6.45, 7) is 3.74. The van der Waals surface area contributed by atoms with Crippen LogP contribution in [0.15, 0.2) is 36.4 Å². The maximum absolute atomic E-state index is 12.1. The first-order chi connectivity index (χ1) is 11.6. The molecule has 0 saturated carbocycles. The lowest BCUT2D eigenvalue weighted by atomic mass is 10.0. The maximum Gasteiger partial charge on any atom is 0.260 e. The Hall–Kier alpha value is -2.73. The van der Waals surface area contributed by atoms with Crippen LogP contribution in [0.25, 0.3) is 16.3 Å². The number of amides is 2. The number of aromatic nitrogens is 1. The first-order valence-corrected chi connectivity index (χ1v) is 8.02. The van der Waals surface area contributed by atoms with Gasteiger partial charge in [-0.25, -0.2) is 4.98 Å². The van der Waals surface area contributed by atoms with Crippen LogP contribution in [-0.2, 0) is 9.59 Å². The molecule has 0 aliphatic carbocycles. The number of imide groups is 1. The van der Waals surface area contributed by atoms with E-state index < -0.39 is 0 Å². The second-order valence-corrected chi connectivity index (χ2v) is 6.22.